The fourth-order valence-corrected chi connectivity index (χ4v) is 3.02. The lowest BCUT2D eigenvalue weighted by molar-refractivity contribution is -0.153. The van der Waals surface area contributed by atoms with Gasteiger partial charge in [0.2, 0.25) is 0 Å². The van der Waals surface area contributed by atoms with Crippen LogP contribution in [0.2, 0.25) is 0 Å². The quantitative estimate of drug-likeness (QED) is 0.705. The van der Waals surface area contributed by atoms with Crippen molar-refractivity contribution in [2.75, 3.05) is 25.0 Å². The Labute approximate surface area is 182 Å². The van der Waals surface area contributed by atoms with Crippen molar-refractivity contribution >= 4 is 29.7 Å². The number of carbonyl (C=O) groups excluding carboxylic acids is 4. The fraction of sp³-hybridized carbons (Fsp3) is 0.545. The van der Waals surface area contributed by atoms with E-state index in [1.165, 1.54) is 0 Å². The molecule has 2 N–H and O–H groups in total. The minimum Gasteiger partial charge on any atom is -0.455 e. The van der Waals surface area contributed by atoms with Crippen LogP contribution in [-0.2, 0) is 19.1 Å². The molecule has 1 aromatic carbocycles. The third kappa shape index (κ3) is 7.92. The first-order valence-corrected chi connectivity index (χ1v) is 10.3. The number of urea groups is 1. The molecule has 170 valence electrons. The molecular weight excluding hydrogens is 402 g/mol. The van der Waals surface area contributed by atoms with E-state index in [4.69, 9.17) is 9.47 Å². The van der Waals surface area contributed by atoms with Gasteiger partial charge in [-0.25, -0.2) is 9.59 Å². The van der Waals surface area contributed by atoms with Gasteiger partial charge in [0.1, 0.15) is 5.60 Å². The van der Waals surface area contributed by atoms with Crippen LogP contribution in [0.3, 0.4) is 0 Å². The lowest BCUT2D eigenvalue weighted by atomic mass is 9.97. The Kier molecular flexibility index (Phi) is 8.01. The second-order valence-electron chi connectivity index (χ2n) is 8.65. The van der Waals surface area contributed by atoms with Gasteiger partial charge in [0, 0.05) is 18.8 Å². The normalized spacial score (nSPS) is 14.5. The van der Waals surface area contributed by atoms with E-state index < -0.39 is 42.1 Å². The molecule has 0 unspecified atom stereocenters. The lowest BCUT2D eigenvalue weighted by Gasteiger charge is -2.32. The topological polar surface area (TPSA) is 114 Å². The Bertz CT molecular complexity index is 838. The molecular formula is C22H31N3O6. The molecule has 1 aliphatic rings. The SMILES string of the molecule is Cc1ccc(NC(=O)NC(=O)COC(=O)C2CCN(C(=O)OC(C)(C)C)CC2)cc1C. The molecule has 0 radical (unpaired) electrons. The summed E-state index contributed by atoms with van der Waals surface area (Å²) in [6.45, 7) is 9.45. The maximum Gasteiger partial charge on any atom is 0.410 e. The van der Waals surface area contributed by atoms with Gasteiger partial charge in [0.05, 0.1) is 5.92 Å². The number of aryl methyl sites for hydroxylation is 2. The van der Waals surface area contributed by atoms with E-state index in [2.05, 4.69) is 10.6 Å². The fourth-order valence-electron chi connectivity index (χ4n) is 3.02. The summed E-state index contributed by atoms with van der Waals surface area (Å²) in [5.41, 5.74) is 2.08. The van der Waals surface area contributed by atoms with Crippen LogP contribution in [0.4, 0.5) is 15.3 Å². The first-order valence-electron chi connectivity index (χ1n) is 10.3. The highest BCUT2D eigenvalue weighted by Gasteiger charge is 2.31. The highest BCUT2D eigenvalue weighted by Crippen LogP contribution is 2.21. The summed E-state index contributed by atoms with van der Waals surface area (Å²) in [5.74, 6) is -1.65. The molecule has 1 aliphatic heterocycles. The Morgan fingerprint density at radius 3 is 2.29 bits per heavy atom. The van der Waals surface area contributed by atoms with Gasteiger partial charge in [-0.3, -0.25) is 14.9 Å². The summed E-state index contributed by atoms with van der Waals surface area (Å²) in [7, 11) is 0. The molecule has 31 heavy (non-hydrogen) atoms. The lowest BCUT2D eigenvalue weighted by Crippen LogP contribution is -2.43. The number of piperidine rings is 1. The third-order valence-electron chi connectivity index (χ3n) is 4.84. The van der Waals surface area contributed by atoms with Crippen LogP contribution in [0.15, 0.2) is 18.2 Å². The van der Waals surface area contributed by atoms with Gasteiger partial charge in [-0.1, -0.05) is 6.07 Å². The Morgan fingerprint density at radius 2 is 1.71 bits per heavy atom. The number of imide groups is 1. The largest absolute Gasteiger partial charge is 0.455 e. The molecule has 4 amide bonds. The highest BCUT2D eigenvalue weighted by molar-refractivity contribution is 6.01. The molecule has 1 saturated heterocycles. The first kappa shape index (κ1) is 24.2. The molecule has 2 rings (SSSR count). The van der Waals surface area contributed by atoms with Crippen LogP contribution in [0.5, 0.6) is 0 Å². The molecule has 1 fully saturated rings. The van der Waals surface area contributed by atoms with Crippen molar-refractivity contribution in [3.8, 4) is 0 Å². The van der Waals surface area contributed by atoms with Crippen molar-refractivity contribution in [3.05, 3.63) is 29.3 Å². The van der Waals surface area contributed by atoms with E-state index in [0.717, 1.165) is 11.1 Å². The molecule has 0 saturated carbocycles. The van der Waals surface area contributed by atoms with E-state index in [0.29, 0.717) is 31.6 Å². The Morgan fingerprint density at radius 1 is 1.06 bits per heavy atom. The number of nitrogens with zero attached hydrogens (tertiary/aromatic N) is 1. The van der Waals surface area contributed by atoms with Crippen molar-refractivity contribution in [1.82, 2.24) is 10.2 Å². The van der Waals surface area contributed by atoms with E-state index in [1.54, 1.807) is 37.8 Å². The molecule has 0 bridgehead atoms. The predicted molar refractivity (Wildman–Crippen MR) is 115 cm³/mol. The van der Waals surface area contributed by atoms with Crippen LogP contribution in [-0.4, -0.2) is 54.2 Å². The second kappa shape index (κ2) is 10.3. The van der Waals surface area contributed by atoms with Crippen LogP contribution in [0.25, 0.3) is 0 Å². The monoisotopic (exact) mass is 433 g/mol. The number of likely N-dealkylation sites (tertiary alicyclic amines) is 1. The smallest absolute Gasteiger partial charge is 0.410 e. The standard InChI is InChI=1S/C22H31N3O6/c1-14-6-7-17(12-15(14)2)23-20(28)24-18(26)13-30-19(27)16-8-10-25(11-9-16)21(29)31-22(3,4)5/h6-7,12,16H,8-11,13H2,1-5H3,(H2,23,24,26,28). The Hall–Kier alpha value is -3.10. The minimum absolute atomic E-state index is 0.374. The van der Waals surface area contributed by atoms with Crippen molar-refractivity contribution < 1.29 is 28.7 Å². The number of carbonyl (C=O) groups is 4. The van der Waals surface area contributed by atoms with Crippen molar-refractivity contribution in [2.24, 2.45) is 5.92 Å². The van der Waals surface area contributed by atoms with Gasteiger partial charge < -0.3 is 19.7 Å². The number of amides is 4. The zero-order valence-corrected chi connectivity index (χ0v) is 18.7. The summed E-state index contributed by atoms with van der Waals surface area (Å²) >= 11 is 0. The van der Waals surface area contributed by atoms with Gasteiger partial charge in [0.15, 0.2) is 6.61 Å². The number of esters is 1. The van der Waals surface area contributed by atoms with Gasteiger partial charge in [-0.2, -0.15) is 0 Å². The third-order valence-corrected chi connectivity index (χ3v) is 4.84. The van der Waals surface area contributed by atoms with Crippen LogP contribution in [0.1, 0.15) is 44.7 Å². The number of nitrogens with one attached hydrogen (secondary N) is 2. The maximum absolute atomic E-state index is 12.2. The molecule has 9 heteroatoms. The summed E-state index contributed by atoms with van der Waals surface area (Å²) in [5, 5.41) is 4.69. The van der Waals surface area contributed by atoms with Crippen molar-refractivity contribution in [2.45, 2.75) is 53.1 Å². The van der Waals surface area contributed by atoms with Crippen LogP contribution < -0.4 is 10.6 Å². The van der Waals surface area contributed by atoms with Gasteiger partial charge in [-0.15, -0.1) is 0 Å². The van der Waals surface area contributed by atoms with Crippen molar-refractivity contribution in [3.63, 3.8) is 0 Å². The summed E-state index contributed by atoms with van der Waals surface area (Å²) in [4.78, 5) is 49.7. The van der Waals surface area contributed by atoms with Gasteiger partial charge >= 0.3 is 18.1 Å². The number of rotatable bonds is 4. The van der Waals surface area contributed by atoms with Crippen molar-refractivity contribution in [1.29, 1.82) is 0 Å². The van der Waals surface area contributed by atoms with E-state index in [-0.39, 0.29) is 0 Å². The number of hydrogen-bond donors (Lipinski definition) is 2. The second-order valence-corrected chi connectivity index (χ2v) is 8.65. The number of ether oxygens (including phenoxy) is 2. The zero-order chi connectivity index (χ0) is 23.2. The summed E-state index contributed by atoms with van der Waals surface area (Å²) < 4.78 is 10.4. The van der Waals surface area contributed by atoms with Crippen LogP contribution in [0, 0.1) is 19.8 Å². The van der Waals surface area contributed by atoms with Crippen LogP contribution >= 0.6 is 0 Å². The zero-order valence-electron chi connectivity index (χ0n) is 18.7. The summed E-state index contributed by atoms with van der Waals surface area (Å²) in [6, 6.07) is 4.69. The average molecular weight is 434 g/mol. The number of anilines is 1. The average Bonchev–Trinajstić information content (AvgIpc) is 2.67. The molecule has 0 spiro atoms. The molecule has 1 aromatic rings. The molecule has 9 nitrogen and oxygen atoms in total. The molecule has 1 heterocycles. The highest BCUT2D eigenvalue weighted by atomic mass is 16.6. The van der Waals surface area contributed by atoms with E-state index in [1.807, 2.05) is 19.9 Å². The summed E-state index contributed by atoms with van der Waals surface area (Å²) in [6.07, 6.45) is 0.438. The predicted octanol–water partition coefficient (Wildman–Crippen LogP) is 3.14. The molecule has 0 aliphatic carbocycles. The molecule has 0 atom stereocenters. The Balaban J connectivity index is 1.71. The van der Waals surface area contributed by atoms with E-state index in [9.17, 15) is 19.2 Å². The van der Waals surface area contributed by atoms with Gasteiger partial charge in [0.25, 0.3) is 5.91 Å². The number of benzene rings is 1. The van der Waals surface area contributed by atoms with Gasteiger partial charge in [-0.05, 0) is 70.7 Å². The molecule has 0 aromatic heterocycles. The maximum atomic E-state index is 12.2. The first-order chi connectivity index (χ1) is 14.4. The minimum atomic E-state index is -0.721. The van der Waals surface area contributed by atoms with E-state index >= 15 is 0 Å². The number of hydrogen-bond acceptors (Lipinski definition) is 6.